The lowest BCUT2D eigenvalue weighted by Crippen LogP contribution is -2.13. The second-order valence-electron chi connectivity index (χ2n) is 6.95. The van der Waals surface area contributed by atoms with Crippen molar-refractivity contribution in [3.63, 3.8) is 0 Å². The van der Waals surface area contributed by atoms with E-state index in [0.29, 0.717) is 0 Å². The van der Waals surface area contributed by atoms with Crippen LogP contribution in [-0.4, -0.2) is 0 Å². The van der Waals surface area contributed by atoms with Crippen LogP contribution in [0, 0.1) is 0 Å². The molecule has 0 aliphatic heterocycles. The Bertz CT molecular complexity index is 965. The van der Waals surface area contributed by atoms with Crippen molar-refractivity contribution in [2.75, 3.05) is 0 Å². The maximum Gasteiger partial charge on any atom is 0.416 e. The Labute approximate surface area is 151 Å². The Kier molecular flexibility index (Phi) is 4.10. The normalized spacial score (nSPS) is 17.1. The summed E-state index contributed by atoms with van der Waals surface area (Å²) in [6.07, 6.45) is 0.354. The first-order valence-corrected chi connectivity index (χ1v) is 8.80. The van der Waals surface area contributed by atoms with Crippen LogP contribution in [0.15, 0.2) is 61.2 Å². The summed E-state index contributed by atoms with van der Waals surface area (Å²) in [7, 11) is 0. The molecule has 0 amide bonds. The Balaban J connectivity index is 1.64. The van der Waals surface area contributed by atoms with Gasteiger partial charge in [0.1, 0.15) is 0 Å². The molecule has 0 fully saturated rings. The average molecular weight is 352 g/mol. The first kappa shape index (κ1) is 16.9. The van der Waals surface area contributed by atoms with Crippen LogP contribution in [0.5, 0.6) is 0 Å². The number of alkyl halides is 3. The molecular weight excluding hydrogens is 333 g/mol. The molecule has 0 N–H and O–H groups in total. The van der Waals surface area contributed by atoms with E-state index in [-0.39, 0.29) is 5.92 Å². The van der Waals surface area contributed by atoms with E-state index >= 15 is 0 Å². The summed E-state index contributed by atoms with van der Waals surface area (Å²) in [4.78, 5) is 0. The van der Waals surface area contributed by atoms with Gasteiger partial charge in [-0.3, -0.25) is 0 Å². The number of rotatable bonds is 2. The molecule has 0 spiro atoms. The van der Waals surface area contributed by atoms with Crippen molar-refractivity contribution >= 4 is 16.8 Å². The average Bonchev–Trinajstić information content (AvgIpc) is 2.66. The van der Waals surface area contributed by atoms with Gasteiger partial charge in [0.05, 0.1) is 5.56 Å². The van der Waals surface area contributed by atoms with Gasteiger partial charge in [0, 0.05) is 0 Å². The minimum atomic E-state index is -4.28. The SMILES string of the molecule is C=Cc1ccc2c3c(ccc2c1)CC(c1ccc(C(F)(F)F)cc1)CC3. The molecule has 3 aromatic rings. The zero-order valence-electron chi connectivity index (χ0n) is 14.3. The summed E-state index contributed by atoms with van der Waals surface area (Å²) < 4.78 is 38.3. The Hall–Kier alpha value is -2.55. The van der Waals surface area contributed by atoms with Crippen molar-refractivity contribution in [2.45, 2.75) is 31.4 Å². The lowest BCUT2D eigenvalue weighted by atomic mass is 9.78. The third kappa shape index (κ3) is 3.03. The maximum atomic E-state index is 12.8. The van der Waals surface area contributed by atoms with Crippen LogP contribution in [-0.2, 0) is 19.0 Å². The van der Waals surface area contributed by atoms with Gasteiger partial charge in [0.2, 0.25) is 0 Å². The highest BCUT2D eigenvalue weighted by atomic mass is 19.4. The van der Waals surface area contributed by atoms with Crippen LogP contribution in [0.25, 0.3) is 16.8 Å². The quantitative estimate of drug-likeness (QED) is 0.477. The molecule has 0 heterocycles. The van der Waals surface area contributed by atoms with Gasteiger partial charge < -0.3 is 0 Å². The Morgan fingerprint density at radius 3 is 2.42 bits per heavy atom. The molecule has 4 rings (SSSR count). The minimum absolute atomic E-state index is 0.273. The zero-order valence-corrected chi connectivity index (χ0v) is 14.3. The van der Waals surface area contributed by atoms with Gasteiger partial charge in [-0.15, -0.1) is 0 Å². The highest BCUT2D eigenvalue weighted by molar-refractivity contribution is 5.88. The summed E-state index contributed by atoms with van der Waals surface area (Å²) in [5.41, 5.74) is 4.20. The predicted molar refractivity (Wildman–Crippen MR) is 100 cm³/mol. The van der Waals surface area contributed by atoms with Gasteiger partial charge >= 0.3 is 6.18 Å². The first-order chi connectivity index (χ1) is 12.5. The van der Waals surface area contributed by atoms with Crippen molar-refractivity contribution in [2.24, 2.45) is 0 Å². The van der Waals surface area contributed by atoms with E-state index < -0.39 is 11.7 Å². The van der Waals surface area contributed by atoms with Gasteiger partial charge in [-0.05, 0) is 76.4 Å². The first-order valence-electron chi connectivity index (χ1n) is 8.80. The third-order valence-corrected chi connectivity index (χ3v) is 5.41. The van der Waals surface area contributed by atoms with Crippen LogP contribution < -0.4 is 0 Å². The van der Waals surface area contributed by atoms with Gasteiger partial charge in [0.15, 0.2) is 0 Å². The van der Waals surface area contributed by atoms with Gasteiger partial charge in [-0.25, -0.2) is 0 Å². The number of hydrogen-bond acceptors (Lipinski definition) is 0. The Morgan fingerprint density at radius 1 is 0.962 bits per heavy atom. The molecule has 0 bridgehead atoms. The number of halogens is 3. The van der Waals surface area contributed by atoms with Crippen molar-refractivity contribution in [1.29, 1.82) is 0 Å². The molecule has 1 atom stereocenters. The van der Waals surface area contributed by atoms with Crippen LogP contribution in [0.4, 0.5) is 13.2 Å². The molecule has 132 valence electrons. The smallest absolute Gasteiger partial charge is 0.166 e. The topological polar surface area (TPSA) is 0 Å². The molecular formula is C23H19F3. The molecule has 1 unspecified atom stereocenters. The van der Waals surface area contributed by atoms with Gasteiger partial charge in [-0.1, -0.05) is 49.1 Å². The molecule has 1 aliphatic rings. The van der Waals surface area contributed by atoms with E-state index in [1.807, 2.05) is 6.08 Å². The number of aryl methyl sites for hydroxylation is 1. The molecule has 0 saturated carbocycles. The van der Waals surface area contributed by atoms with Gasteiger partial charge in [-0.2, -0.15) is 13.2 Å². The fourth-order valence-electron chi connectivity index (χ4n) is 3.99. The van der Waals surface area contributed by atoms with Crippen LogP contribution in [0.1, 0.15) is 40.2 Å². The van der Waals surface area contributed by atoms with E-state index in [4.69, 9.17) is 0 Å². The number of fused-ring (bicyclic) bond motifs is 3. The summed E-state index contributed by atoms with van der Waals surface area (Å²) in [6, 6.07) is 16.3. The predicted octanol–water partition coefficient (Wildman–Crippen LogP) is 6.77. The van der Waals surface area contributed by atoms with Crippen molar-refractivity contribution in [1.82, 2.24) is 0 Å². The summed E-state index contributed by atoms with van der Waals surface area (Å²) in [6.45, 7) is 3.82. The maximum absolute atomic E-state index is 12.8. The summed E-state index contributed by atoms with van der Waals surface area (Å²) in [5, 5.41) is 2.49. The number of hydrogen-bond donors (Lipinski definition) is 0. The molecule has 26 heavy (non-hydrogen) atoms. The molecule has 0 nitrogen and oxygen atoms in total. The largest absolute Gasteiger partial charge is 0.416 e. The van der Waals surface area contributed by atoms with E-state index in [0.717, 1.165) is 30.4 Å². The molecule has 0 aromatic heterocycles. The monoisotopic (exact) mass is 352 g/mol. The summed E-state index contributed by atoms with van der Waals surface area (Å²) >= 11 is 0. The van der Waals surface area contributed by atoms with Crippen LogP contribution >= 0.6 is 0 Å². The molecule has 3 heteroatoms. The zero-order chi connectivity index (χ0) is 18.3. The summed E-state index contributed by atoms with van der Waals surface area (Å²) in [5.74, 6) is 0.273. The molecule has 3 aromatic carbocycles. The molecule has 0 radical (unpaired) electrons. The number of benzene rings is 3. The molecule has 0 saturated heterocycles. The lowest BCUT2D eigenvalue weighted by molar-refractivity contribution is -0.137. The lowest BCUT2D eigenvalue weighted by Gasteiger charge is -2.26. The van der Waals surface area contributed by atoms with Crippen LogP contribution in [0.2, 0.25) is 0 Å². The Morgan fingerprint density at radius 2 is 1.73 bits per heavy atom. The van der Waals surface area contributed by atoms with E-state index in [9.17, 15) is 13.2 Å². The highest BCUT2D eigenvalue weighted by Gasteiger charge is 2.30. The second-order valence-corrected chi connectivity index (χ2v) is 6.95. The van der Waals surface area contributed by atoms with E-state index in [2.05, 4.69) is 36.9 Å². The fraction of sp³-hybridized carbons (Fsp3) is 0.217. The minimum Gasteiger partial charge on any atom is -0.166 e. The van der Waals surface area contributed by atoms with Crippen molar-refractivity contribution < 1.29 is 13.2 Å². The fourth-order valence-corrected chi connectivity index (χ4v) is 3.99. The highest BCUT2D eigenvalue weighted by Crippen LogP contribution is 2.37. The van der Waals surface area contributed by atoms with Gasteiger partial charge in [0.25, 0.3) is 0 Å². The van der Waals surface area contributed by atoms with Crippen LogP contribution in [0.3, 0.4) is 0 Å². The standard InChI is InChI=1S/C23H19F3/c1-2-15-3-11-21-18(13-15)4-5-19-14-17(8-12-22(19)21)16-6-9-20(10-7-16)23(24,25)26/h2-7,9-11,13,17H,1,8,12,14H2. The van der Waals surface area contributed by atoms with Crippen molar-refractivity contribution in [3.8, 4) is 0 Å². The van der Waals surface area contributed by atoms with E-state index in [1.165, 1.54) is 34.0 Å². The van der Waals surface area contributed by atoms with E-state index in [1.54, 1.807) is 12.1 Å². The molecule has 1 aliphatic carbocycles. The van der Waals surface area contributed by atoms with Crippen molar-refractivity contribution in [3.05, 3.63) is 89.0 Å². The second kappa shape index (κ2) is 6.31. The third-order valence-electron chi connectivity index (χ3n) is 5.41.